The summed E-state index contributed by atoms with van der Waals surface area (Å²) in [5.41, 5.74) is 8.53. The number of anilines is 1. The molecule has 1 aliphatic carbocycles. The number of imidazole rings is 1. The highest BCUT2D eigenvalue weighted by molar-refractivity contribution is 7.89. The zero-order chi connectivity index (χ0) is 19.9. The fraction of sp³-hybridized carbons (Fsp3) is 0.368. The molecular weight excluding hydrogens is 378 g/mol. The Labute approximate surface area is 163 Å². The molecule has 0 aliphatic heterocycles. The first-order valence-corrected chi connectivity index (χ1v) is 10.7. The van der Waals surface area contributed by atoms with Crippen molar-refractivity contribution in [3.8, 4) is 11.3 Å². The maximum atomic E-state index is 13.0. The van der Waals surface area contributed by atoms with Crippen LogP contribution in [0.5, 0.6) is 0 Å². The van der Waals surface area contributed by atoms with E-state index in [1.165, 1.54) is 0 Å². The Morgan fingerprint density at radius 3 is 2.71 bits per heavy atom. The van der Waals surface area contributed by atoms with Crippen molar-refractivity contribution in [2.45, 2.75) is 49.6 Å². The molecule has 4 N–H and O–H groups in total. The van der Waals surface area contributed by atoms with Gasteiger partial charge in [-0.2, -0.15) is 0 Å². The molecule has 4 rings (SSSR count). The zero-order valence-electron chi connectivity index (χ0n) is 15.5. The monoisotopic (exact) mass is 401 g/mol. The number of nitrogen functional groups attached to an aromatic ring is 1. The van der Waals surface area contributed by atoms with Crippen molar-refractivity contribution < 1.29 is 13.5 Å². The van der Waals surface area contributed by atoms with Crippen LogP contribution in [0, 0.1) is 6.92 Å². The number of fused-ring (bicyclic) bond motifs is 1. The van der Waals surface area contributed by atoms with E-state index >= 15 is 0 Å². The molecule has 0 unspecified atom stereocenters. The first-order valence-electron chi connectivity index (χ1n) is 9.24. The second-order valence-electron chi connectivity index (χ2n) is 7.26. The third-order valence-electron chi connectivity index (χ3n) is 5.25. The number of aryl methyl sites for hydroxylation is 1. The number of benzene rings is 1. The molecule has 0 amide bonds. The van der Waals surface area contributed by atoms with E-state index in [4.69, 9.17) is 5.73 Å². The molecule has 2 heterocycles. The summed E-state index contributed by atoms with van der Waals surface area (Å²) in [6.45, 7) is 1.78. The van der Waals surface area contributed by atoms with E-state index in [0.29, 0.717) is 42.7 Å². The molecule has 1 fully saturated rings. The number of aliphatic hydroxyl groups is 1. The first-order chi connectivity index (χ1) is 13.3. The molecule has 0 saturated heterocycles. The predicted molar refractivity (Wildman–Crippen MR) is 106 cm³/mol. The van der Waals surface area contributed by atoms with Crippen LogP contribution in [0.25, 0.3) is 16.9 Å². The van der Waals surface area contributed by atoms with E-state index in [9.17, 15) is 13.5 Å². The van der Waals surface area contributed by atoms with E-state index in [0.717, 1.165) is 11.3 Å². The van der Waals surface area contributed by atoms with Gasteiger partial charge in [-0.15, -0.1) is 0 Å². The summed E-state index contributed by atoms with van der Waals surface area (Å²) in [4.78, 5) is 8.57. The van der Waals surface area contributed by atoms with Crippen LogP contribution in [0.1, 0.15) is 31.2 Å². The standard InChI is InChI=1S/C19H23N5O3S/c1-12-2-3-13(16-11-22-19-18(20)21-8-9-24(16)19)10-17(12)28(26,27)23-14-4-6-15(25)7-5-14/h2-3,8-11,14-15,23,25H,4-7H2,1H3,(H2,20,21)/t14-,15-. The Morgan fingerprint density at radius 1 is 1.21 bits per heavy atom. The van der Waals surface area contributed by atoms with Crippen molar-refractivity contribution in [1.82, 2.24) is 19.1 Å². The van der Waals surface area contributed by atoms with Gasteiger partial charge in [0.15, 0.2) is 11.5 Å². The number of hydrogen-bond donors (Lipinski definition) is 3. The Morgan fingerprint density at radius 2 is 1.96 bits per heavy atom. The van der Waals surface area contributed by atoms with Gasteiger partial charge in [0, 0.05) is 24.0 Å². The topological polar surface area (TPSA) is 123 Å². The number of rotatable bonds is 4. The van der Waals surface area contributed by atoms with Gasteiger partial charge < -0.3 is 10.8 Å². The third kappa shape index (κ3) is 3.48. The zero-order valence-corrected chi connectivity index (χ0v) is 16.4. The molecular formula is C19H23N5O3S. The number of sulfonamides is 1. The van der Waals surface area contributed by atoms with Gasteiger partial charge in [-0.1, -0.05) is 12.1 Å². The third-order valence-corrected chi connectivity index (χ3v) is 6.91. The Hall–Kier alpha value is -2.49. The number of hydrogen-bond acceptors (Lipinski definition) is 6. The Balaban J connectivity index is 1.69. The molecule has 0 spiro atoms. The average Bonchev–Trinajstić information content (AvgIpc) is 3.09. The van der Waals surface area contributed by atoms with Crippen LogP contribution in [0.15, 0.2) is 41.7 Å². The maximum Gasteiger partial charge on any atom is 0.241 e. The molecule has 28 heavy (non-hydrogen) atoms. The largest absolute Gasteiger partial charge is 0.393 e. The van der Waals surface area contributed by atoms with Gasteiger partial charge in [0.2, 0.25) is 10.0 Å². The van der Waals surface area contributed by atoms with E-state index < -0.39 is 10.0 Å². The quantitative estimate of drug-likeness (QED) is 0.613. The highest BCUT2D eigenvalue weighted by Gasteiger charge is 2.26. The highest BCUT2D eigenvalue weighted by atomic mass is 32.2. The van der Waals surface area contributed by atoms with Gasteiger partial charge in [0.25, 0.3) is 0 Å². The number of aliphatic hydroxyl groups excluding tert-OH is 1. The molecule has 1 aromatic carbocycles. The summed E-state index contributed by atoms with van der Waals surface area (Å²) in [7, 11) is -3.68. The van der Waals surface area contributed by atoms with Gasteiger partial charge in [-0.3, -0.25) is 4.40 Å². The fourth-order valence-corrected chi connectivity index (χ4v) is 5.25. The maximum absolute atomic E-state index is 13.0. The summed E-state index contributed by atoms with van der Waals surface area (Å²) >= 11 is 0. The lowest BCUT2D eigenvalue weighted by Crippen LogP contribution is -2.38. The molecule has 8 nitrogen and oxygen atoms in total. The van der Waals surface area contributed by atoms with E-state index in [2.05, 4.69) is 14.7 Å². The summed E-state index contributed by atoms with van der Waals surface area (Å²) in [5.74, 6) is 0.315. The minimum atomic E-state index is -3.68. The smallest absolute Gasteiger partial charge is 0.241 e. The van der Waals surface area contributed by atoms with Crippen LogP contribution in [-0.4, -0.2) is 40.0 Å². The van der Waals surface area contributed by atoms with Crippen LogP contribution in [0.3, 0.4) is 0 Å². The Kier molecular flexibility index (Phi) is 4.82. The minimum absolute atomic E-state index is 0.155. The van der Waals surface area contributed by atoms with Gasteiger partial charge in [-0.05, 0) is 44.2 Å². The highest BCUT2D eigenvalue weighted by Crippen LogP contribution is 2.28. The first kappa shape index (κ1) is 18.9. The van der Waals surface area contributed by atoms with Crippen molar-refractivity contribution in [3.05, 3.63) is 42.4 Å². The lowest BCUT2D eigenvalue weighted by Gasteiger charge is -2.26. The number of nitrogens with two attached hydrogens (primary N) is 1. The molecule has 0 bridgehead atoms. The van der Waals surface area contributed by atoms with Crippen molar-refractivity contribution in [2.75, 3.05) is 5.73 Å². The minimum Gasteiger partial charge on any atom is -0.393 e. The lowest BCUT2D eigenvalue weighted by molar-refractivity contribution is 0.120. The summed E-state index contributed by atoms with van der Waals surface area (Å²) in [5, 5.41) is 9.64. The van der Waals surface area contributed by atoms with Crippen LogP contribution in [0.2, 0.25) is 0 Å². The van der Waals surface area contributed by atoms with Crippen molar-refractivity contribution in [1.29, 1.82) is 0 Å². The van der Waals surface area contributed by atoms with Crippen molar-refractivity contribution >= 4 is 21.5 Å². The lowest BCUT2D eigenvalue weighted by atomic mass is 9.94. The number of nitrogens with zero attached hydrogens (tertiary/aromatic N) is 3. The predicted octanol–water partition coefficient (Wildman–Crippen LogP) is 1.87. The SMILES string of the molecule is Cc1ccc(-c2cnc3c(N)nccn23)cc1S(=O)(=O)N[C@H]1CC[C@H](O)CC1. The van der Waals surface area contributed by atoms with Gasteiger partial charge in [-0.25, -0.2) is 23.1 Å². The molecule has 3 aromatic rings. The Bertz CT molecular complexity index is 1120. The summed E-state index contributed by atoms with van der Waals surface area (Å²) in [6.07, 6.45) is 7.16. The summed E-state index contributed by atoms with van der Waals surface area (Å²) < 4.78 is 30.6. The van der Waals surface area contributed by atoms with Crippen molar-refractivity contribution in [3.63, 3.8) is 0 Å². The van der Waals surface area contributed by atoms with Crippen LogP contribution in [0.4, 0.5) is 5.82 Å². The van der Waals surface area contributed by atoms with Crippen LogP contribution >= 0.6 is 0 Å². The number of nitrogens with one attached hydrogen (secondary N) is 1. The van der Waals surface area contributed by atoms with Gasteiger partial charge in [0.1, 0.15) is 0 Å². The second-order valence-corrected chi connectivity index (χ2v) is 8.94. The van der Waals surface area contributed by atoms with E-state index in [1.54, 1.807) is 42.0 Å². The van der Waals surface area contributed by atoms with Gasteiger partial charge in [0.05, 0.1) is 22.9 Å². The fourth-order valence-electron chi connectivity index (χ4n) is 3.68. The molecule has 1 saturated carbocycles. The average molecular weight is 401 g/mol. The molecule has 148 valence electrons. The molecule has 9 heteroatoms. The molecule has 1 aliphatic rings. The normalized spacial score (nSPS) is 20.5. The number of aromatic nitrogens is 3. The molecule has 0 radical (unpaired) electrons. The van der Waals surface area contributed by atoms with Crippen LogP contribution in [-0.2, 0) is 10.0 Å². The van der Waals surface area contributed by atoms with Crippen LogP contribution < -0.4 is 10.5 Å². The van der Waals surface area contributed by atoms with E-state index in [1.807, 2.05) is 6.07 Å². The van der Waals surface area contributed by atoms with E-state index in [-0.39, 0.29) is 17.0 Å². The molecule has 0 atom stereocenters. The second kappa shape index (κ2) is 7.16. The van der Waals surface area contributed by atoms with Gasteiger partial charge >= 0.3 is 0 Å². The molecule has 2 aromatic heterocycles. The summed E-state index contributed by atoms with van der Waals surface area (Å²) in [6, 6.07) is 5.16. The van der Waals surface area contributed by atoms with Crippen molar-refractivity contribution in [2.24, 2.45) is 0 Å².